The minimum Gasteiger partial charge on any atom is -0.326 e. The van der Waals surface area contributed by atoms with Gasteiger partial charge in [-0.2, -0.15) is 4.68 Å². The number of anilines is 1. The van der Waals surface area contributed by atoms with Gasteiger partial charge in [0.1, 0.15) is 0 Å². The van der Waals surface area contributed by atoms with Crippen LogP contribution in [0.4, 0.5) is 5.69 Å². The van der Waals surface area contributed by atoms with Crippen molar-refractivity contribution in [2.75, 3.05) is 5.32 Å². The Kier molecular flexibility index (Phi) is 5.39. The summed E-state index contributed by atoms with van der Waals surface area (Å²) in [7, 11) is 0. The summed E-state index contributed by atoms with van der Waals surface area (Å²) in [6.07, 6.45) is 0.597. The van der Waals surface area contributed by atoms with E-state index >= 15 is 0 Å². The number of aromatic nitrogens is 3. The standard InChI is InChI=1S/C22H20N4O2S/c1-15-18(12-13-20(27)23-17-10-6-3-7-11-17)21(28)26(25-15)22-24-19(14-29-22)16-8-4-2-5-9-16/h2-11,14,25H,12-13H2,1H3,(H,23,27). The second-order valence-corrected chi connectivity index (χ2v) is 7.49. The van der Waals surface area contributed by atoms with Gasteiger partial charge in [-0.05, 0) is 25.5 Å². The molecule has 0 radical (unpaired) electrons. The minimum absolute atomic E-state index is 0.122. The molecule has 29 heavy (non-hydrogen) atoms. The van der Waals surface area contributed by atoms with Crippen molar-refractivity contribution in [2.45, 2.75) is 19.8 Å². The third-order valence-electron chi connectivity index (χ3n) is 4.61. The summed E-state index contributed by atoms with van der Waals surface area (Å²) < 4.78 is 1.46. The van der Waals surface area contributed by atoms with Crippen LogP contribution in [0.25, 0.3) is 16.4 Å². The van der Waals surface area contributed by atoms with Gasteiger partial charge in [-0.15, -0.1) is 11.3 Å². The first-order chi connectivity index (χ1) is 14.1. The fourth-order valence-corrected chi connectivity index (χ4v) is 3.89. The van der Waals surface area contributed by atoms with Crippen LogP contribution >= 0.6 is 11.3 Å². The van der Waals surface area contributed by atoms with Crippen molar-refractivity contribution in [3.63, 3.8) is 0 Å². The maximum Gasteiger partial charge on any atom is 0.276 e. The highest BCUT2D eigenvalue weighted by molar-refractivity contribution is 7.12. The predicted molar refractivity (Wildman–Crippen MR) is 116 cm³/mol. The van der Waals surface area contributed by atoms with Crippen LogP contribution in [0.2, 0.25) is 0 Å². The highest BCUT2D eigenvalue weighted by Crippen LogP contribution is 2.23. The number of carbonyl (C=O) groups is 1. The quantitative estimate of drug-likeness (QED) is 0.506. The zero-order chi connectivity index (χ0) is 20.2. The van der Waals surface area contributed by atoms with Gasteiger partial charge in [0.15, 0.2) is 0 Å². The number of aromatic amines is 1. The molecule has 0 aliphatic rings. The molecule has 0 unspecified atom stereocenters. The Morgan fingerprint density at radius 2 is 1.79 bits per heavy atom. The molecule has 2 aromatic heterocycles. The number of hydrogen-bond donors (Lipinski definition) is 2. The molecule has 4 aromatic rings. The molecule has 0 aliphatic carbocycles. The van der Waals surface area contributed by atoms with Crippen LogP contribution in [0, 0.1) is 6.92 Å². The summed E-state index contributed by atoms with van der Waals surface area (Å²) >= 11 is 1.40. The molecule has 7 heteroatoms. The van der Waals surface area contributed by atoms with Gasteiger partial charge < -0.3 is 5.32 Å². The SMILES string of the molecule is Cc1[nH]n(-c2nc(-c3ccccc3)cs2)c(=O)c1CCC(=O)Nc1ccccc1. The minimum atomic E-state index is -0.163. The Morgan fingerprint density at radius 1 is 1.10 bits per heavy atom. The molecule has 2 N–H and O–H groups in total. The highest BCUT2D eigenvalue weighted by Gasteiger charge is 2.16. The summed E-state index contributed by atoms with van der Waals surface area (Å²) in [5.41, 5.74) is 3.77. The van der Waals surface area contributed by atoms with E-state index in [1.807, 2.05) is 73.0 Å². The number of para-hydroxylation sites is 1. The molecule has 0 bridgehead atoms. The van der Waals surface area contributed by atoms with Gasteiger partial charge in [-0.1, -0.05) is 48.5 Å². The van der Waals surface area contributed by atoms with Crippen molar-refractivity contribution in [3.8, 4) is 16.4 Å². The number of aryl methyl sites for hydroxylation is 1. The molecule has 0 atom stereocenters. The second kappa shape index (κ2) is 8.28. The fraction of sp³-hybridized carbons (Fsp3) is 0.136. The number of benzene rings is 2. The van der Waals surface area contributed by atoms with Gasteiger partial charge in [0.05, 0.1) is 5.69 Å². The van der Waals surface area contributed by atoms with Gasteiger partial charge >= 0.3 is 0 Å². The number of carbonyl (C=O) groups excluding carboxylic acids is 1. The van der Waals surface area contributed by atoms with E-state index in [0.717, 1.165) is 22.6 Å². The van der Waals surface area contributed by atoms with Gasteiger partial charge in [0.2, 0.25) is 11.0 Å². The molecular weight excluding hydrogens is 384 g/mol. The Bertz CT molecular complexity index is 1180. The summed E-state index contributed by atoms with van der Waals surface area (Å²) in [5.74, 6) is -0.122. The van der Waals surface area contributed by atoms with Gasteiger partial charge in [0, 0.05) is 34.3 Å². The van der Waals surface area contributed by atoms with E-state index in [4.69, 9.17) is 0 Å². The lowest BCUT2D eigenvalue weighted by Crippen LogP contribution is -2.19. The van der Waals surface area contributed by atoms with Gasteiger partial charge in [0.25, 0.3) is 5.56 Å². The lowest BCUT2D eigenvalue weighted by Gasteiger charge is -2.04. The van der Waals surface area contributed by atoms with E-state index in [2.05, 4.69) is 15.4 Å². The van der Waals surface area contributed by atoms with E-state index in [-0.39, 0.29) is 17.9 Å². The normalized spacial score (nSPS) is 10.8. The van der Waals surface area contributed by atoms with E-state index < -0.39 is 0 Å². The average Bonchev–Trinajstić information content (AvgIpc) is 3.33. The van der Waals surface area contributed by atoms with E-state index in [9.17, 15) is 9.59 Å². The van der Waals surface area contributed by atoms with Crippen molar-refractivity contribution in [2.24, 2.45) is 0 Å². The van der Waals surface area contributed by atoms with Crippen LogP contribution in [0.1, 0.15) is 17.7 Å². The zero-order valence-electron chi connectivity index (χ0n) is 15.9. The van der Waals surface area contributed by atoms with E-state index in [1.54, 1.807) is 0 Å². The molecule has 0 aliphatic heterocycles. The molecule has 6 nitrogen and oxygen atoms in total. The monoisotopic (exact) mass is 404 g/mol. The number of amides is 1. The van der Waals surface area contributed by atoms with Crippen LogP contribution in [0.5, 0.6) is 0 Å². The summed E-state index contributed by atoms with van der Waals surface area (Å²) in [6.45, 7) is 1.84. The van der Waals surface area contributed by atoms with Crippen LogP contribution in [-0.2, 0) is 11.2 Å². The number of nitrogens with one attached hydrogen (secondary N) is 2. The smallest absolute Gasteiger partial charge is 0.276 e. The van der Waals surface area contributed by atoms with Crippen LogP contribution in [0.15, 0.2) is 70.8 Å². The summed E-state index contributed by atoms with van der Waals surface area (Å²) in [6, 6.07) is 19.1. The van der Waals surface area contributed by atoms with E-state index in [1.165, 1.54) is 16.0 Å². The Labute approximate surface area is 171 Å². The first-order valence-electron chi connectivity index (χ1n) is 9.28. The second-order valence-electron chi connectivity index (χ2n) is 6.65. The third kappa shape index (κ3) is 4.20. The largest absolute Gasteiger partial charge is 0.326 e. The lowest BCUT2D eigenvalue weighted by atomic mass is 10.1. The maximum absolute atomic E-state index is 12.9. The first kappa shape index (κ1) is 18.9. The zero-order valence-corrected chi connectivity index (χ0v) is 16.7. The molecule has 0 saturated carbocycles. The molecule has 4 rings (SSSR count). The predicted octanol–water partition coefficient (Wildman–Crippen LogP) is 4.17. The Hall–Kier alpha value is -3.45. The lowest BCUT2D eigenvalue weighted by molar-refractivity contribution is -0.116. The number of hydrogen-bond acceptors (Lipinski definition) is 4. The molecule has 2 aromatic carbocycles. The van der Waals surface area contributed by atoms with Crippen molar-refractivity contribution in [1.82, 2.24) is 14.8 Å². The molecule has 0 saturated heterocycles. The number of nitrogens with zero attached hydrogens (tertiary/aromatic N) is 2. The Morgan fingerprint density at radius 3 is 2.52 bits per heavy atom. The number of H-pyrrole nitrogens is 1. The summed E-state index contributed by atoms with van der Waals surface area (Å²) in [5, 5.41) is 8.44. The molecule has 2 heterocycles. The molecule has 146 valence electrons. The molecule has 0 fully saturated rings. The number of thiazole rings is 1. The summed E-state index contributed by atoms with van der Waals surface area (Å²) in [4.78, 5) is 29.7. The van der Waals surface area contributed by atoms with Gasteiger partial charge in [-0.25, -0.2) is 4.98 Å². The van der Waals surface area contributed by atoms with Gasteiger partial charge in [-0.3, -0.25) is 14.7 Å². The average molecular weight is 404 g/mol. The molecule has 0 spiro atoms. The third-order valence-corrected chi connectivity index (χ3v) is 5.43. The van der Waals surface area contributed by atoms with Crippen LogP contribution < -0.4 is 10.9 Å². The van der Waals surface area contributed by atoms with Crippen LogP contribution in [0.3, 0.4) is 0 Å². The number of rotatable bonds is 6. The fourth-order valence-electron chi connectivity index (χ4n) is 3.10. The van der Waals surface area contributed by atoms with Crippen molar-refractivity contribution in [1.29, 1.82) is 0 Å². The van der Waals surface area contributed by atoms with Crippen LogP contribution in [-0.4, -0.2) is 20.7 Å². The van der Waals surface area contributed by atoms with Crippen molar-refractivity contribution >= 4 is 22.9 Å². The highest BCUT2D eigenvalue weighted by atomic mass is 32.1. The Balaban J connectivity index is 1.49. The topological polar surface area (TPSA) is 79.8 Å². The molecular formula is C22H20N4O2S. The van der Waals surface area contributed by atoms with Crippen molar-refractivity contribution < 1.29 is 4.79 Å². The van der Waals surface area contributed by atoms with E-state index in [0.29, 0.717) is 17.1 Å². The molecule has 1 amide bonds. The van der Waals surface area contributed by atoms with Crippen molar-refractivity contribution in [3.05, 3.63) is 87.7 Å². The maximum atomic E-state index is 12.9. The first-order valence-corrected chi connectivity index (χ1v) is 10.2.